The van der Waals surface area contributed by atoms with Gasteiger partial charge in [-0.05, 0) is 74.3 Å². The third kappa shape index (κ3) is 4.47. The van der Waals surface area contributed by atoms with Gasteiger partial charge in [0, 0.05) is 23.2 Å². The first-order valence-electron chi connectivity index (χ1n) is 12.3. The molecule has 0 spiro atoms. The van der Waals surface area contributed by atoms with Crippen LogP contribution in [0.15, 0.2) is 47.5 Å². The van der Waals surface area contributed by atoms with Crippen molar-refractivity contribution in [2.45, 2.75) is 73.7 Å². The first-order valence-corrected chi connectivity index (χ1v) is 14.1. The lowest BCUT2D eigenvalue weighted by molar-refractivity contribution is -0.138. The molecule has 2 aliphatic heterocycles. The Hall–Kier alpha value is -2.40. The van der Waals surface area contributed by atoms with Gasteiger partial charge in [-0.2, -0.15) is 17.5 Å². The number of piperidine rings is 1. The van der Waals surface area contributed by atoms with E-state index in [2.05, 4.69) is 9.97 Å². The normalized spacial score (nSPS) is 24.5. The lowest BCUT2D eigenvalue weighted by Crippen LogP contribution is -2.47. The van der Waals surface area contributed by atoms with Gasteiger partial charge in [-0.25, -0.2) is 13.4 Å². The molecule has 1 aromatic heterocycles. The number of rotatable bonds is 5. The summed E-state index contributed by atoms with van der Waals surface area (Å²) < 4.78 is 69.9. The quantitative estimate of drug-likeness (QED) is 0.409. The molecule has 2 aromatic carbocycles. The summed E-state index contributed by atoms with van der Waals surface area (Å²) in [4.78, 5) is 7.31. The molecule has 2 N–H and O–H groups in total. The van der Waals surface area contributed by atoms with Crippen molar-refractivity contribution < 1.29 is 26.7 Å². The molecule has 11 heteroatoms. The Balaban J connectivity index is 1.33. The Morgan fingerprint density at radius 2 is 1.68 bits per heavy atom. The summed E-state index contributed by atoms with van der Waals surface area (Å²) in [6, 6.07) is 8.34. The summed E-state index contributed by atoms with van der Waals surface area (Å²) in [6.45, 7) is 0. The number of fused-ring (bicyclic) bond motifs is 2. The van der Waals surface area contributed by atoms with Crippen LogP contribution in [0.3, 0.4) is 0 Å². The van der Waals surface area contributed by atoms with Gasteiger partial charge in [-0.1, -0.05) is 23.7 Å². The SMILES string of the molecule is O=S(=O)(c1cc(-c2ncc(-c3ccc(C4CC4)c(C(F)(F)F)c3)[nH]2)ccc1Cl)N1C2CCC1CC(O)C2. The van der Waals surface area contributed by atoms with Crippen LogP contribution in [0.25, 0.3) is 22.6 Å². The number of hydrogen-bond acceptors (Lipinski definition) is 4. The molecule has 1 aliphatic carbocycles. The van der Waals surface area contributed by atoms with E-state index in [-0.39, 0.29) is 27.9 Å². The summed E-state index contributed by atoms with van der Waals surface area (Å²) in [5.74, 6) is 0.274. The third-order valence-corrected chi connectivity index (χ3v) is 10.2. The monoisotopic (exact) mass is 551 g/mol. The number of nitrogens with one attached hydrogen (secondary N) is 1. The topological polar surface area (TPSA) is 86.3 Å². The van der Waals surface area contributed by atoms with E-state index in [1.807, 2.05) is 0 Å². The van der Waals surface area contributed by atoms with Crippen LogP contribution in [0.2, 0.25) is 5.02 Å². The molecule has 2 atom stereocenters. The second-order valence-electron chi connectivity index (χ2n) is 10.2. The van der Waals surface area contributed by atoms with E-state index in [4.69, 9.17) is 11.6 Å². The second-order valence-corrected chi connectivity index (χ2v) is 12.4. The molecule has 6 rings (SSSR count). The molecule has 37 heavy (non-hydrogen) atoms. The van der Waals surface area contributed by atoms with Crippen LogP contribution in [-0.2, 0) is 16.2 Å². The van der Waals surface area contributed by atoms with Crippen LogP contribution in [0, 0.1) is 0 Å². The standard InChI is InChI=1S/C26H25ClF3N3O3S/c27-22-8-4-16(10-24(22)37(35,36)33-17-5-6-18(33)12-19(34)11-17)25-31-13-23(32-25)15-3-7-20(14-1-2-14)21(9-15)26(28,29)30/h3-4,7-10,13-14,17-19,34H,1-2,5-6,11-12H2,(H,31,32). The van der Waals surface area contributed by atoms with Crippen LogP contribution >= 0.6 is 11.6 Å². The van der Waals surface area contributed by atoms with Crippen molar-refractivity contribution >= 4 is 21.6 Å². The molecule has 2 unspecified atom stereocenters. The van der Waals surface area contributed by atoms with Gasteiger partial charge in [0.15, 0.2) is 0 Å². The fourth-order valence-electron chi connectivity index (χ4n) is 5.79. The maximum Gasteiger partial charge on any atom is 0.416 e. The van der Waals surface area contributed by atoms with Crippen molar-refractivity contribution in [1.29, 1.82) is 0 Å². The molecule has 0 amide bonds. The van der Waals surface area contributed by atoms with E-state index in [1.165, 1.54) is 28.7 Å². The zero-order valence-corrected chi connectivity index (χ0v) is 21.2. The Morgan fingerprint density at radius 1 is 1.00 bits per heavy atom. The van der Waals surface area contributed by atoms with Crippen molar-refractivity contribution in [2.24, 2.45) is 0 Å². The summed E-state index contributed by atoms with van der Waals surface area (Å²) in [6.07, 6.45) is 0.177. The molecule has 3 aliphatic rings. The third-order valence-electron chi connectivity index (χ3n) is 7.66. The van der Waals surface area contributed by atoms with Crippen molar-refractivity contribution in [3.8, 4) is 22.6 Å². The minimum Gasteiger partial charge on any atom is -0.393 e. The van der Waals surface area contributed by atoms with E-state index < -0.39 is 27.9 Å². The number of aliphatic hydroxyl groups is 1. The zero-order chi connectivity index (χ0) is 26.1. The van der Waals surface area contributed by atoms with Crippen molar-refractivity contribution in [3.63, 3.8) is 0 Å². The van der Waals surface area contributed by atoms with Crippen LogP contribution in [0.5, 0.6) is 0 Å². The van der Waals surface area contributed by atoms with Gasteiger partial charge in [-0.3, -0.25) is 0 Å². The van der Waals surface area contributed by atoms with Crippen LogP contribution in [0.1, 0.15) is 55.6 Å². The molecule has 6 nitrogen and oxygen atoms in total. The Kier molecular flexibility index (Phi) is 5.94. The van der Waals surface area contributed by atoms with Crippen LogP contribution < -0.4 is 0 Å². The number of aromatic amines is 1. The Morgan fingerprint density at radius 3 is 2.32 bits per heavy atom. The maximum absolute atomic E-state index is 13.7. The largest absolute Gasteiger partial charge is 0.416 e. The Labute approximate surface area is 217 Å². The maximum atomic E-state index is 13.7. The van der Waals surface area contributed by atoms with E-state index in [0.717, 1.165) is 18.9 Å². The molecule has 3 fully saturated rings. The lowest BCUT2D eigenvalue weighted by atomic mass is 9.99. The van der Waals surface area contributed by atoms with Gasteiger partial charge in [0.05, 0.1) is 28.6 Å². The summed E-state index contributed by atoms with van der Waals surface area (Å²) >= 11 is 6.35. The molecule has 2 saturated heterocycles. The number of aromatic nitrogens is 2. The average Bonchev–Trinajstić information content (AvgIpc) is 3.49. The highest BCUT2D eigenvalue weighted by molar-refractivity contribution is 7.89. The predicted molar refractivity (Wildman–Crippen MR) is 133 cm³/mol. The lowest BCUT2D eigenvalue weighted by Gasteiger charge is -2.36. The molecule has 0 radical (unpaired) electrons. The fraction of sp³-hybridized carbons (Fsp3) is 0.423. The van der Waals surface area contributed by atoms with Gasteiger partial charge in [0.2, 0.25) is 10.0 Å². The van der Waals surface area contributed by atoms with E-state index in [1.54, 1.807) is 12.1 Å². The van der Waals surface area contributed by atoms with Crippen LogP contribution in [0.4, 0.5) is 13.2 Å². The van der Waals surface area contributed by atoms with Crippen molar-refractivity contribution in [2.75, 3.05) is 0 Å². The highest BCUT2D eigenvalue weighted by Crippen LogP contribution is 2.47. The van der Waals surface area contributed by atoms with Gasteiger partial charge < -0.3 is 10.1 Å². The van der Waals surface area contributed by atoms with Crippen molar-refractivity contribution in [3.05, 3.63) is 58.7 Å². The second kappa shape index (κ2) is 8.83. The highest BCUT2D eigenvalue weighted by Gasteiger charge is 2.47. The smallest absolute Gasteiger partial charge is 0.393 e. The van der Waals surface area contributed by atoms with Crippen molar-refractivity contribution in [1.82, 2.24) is 14.3 Å². The number of halogens is 4. The number of imidazole rings is 1. The minimum absolute atomic E-state index is 0.0455. The van der Waals surface area contributed by atoms with Gasteiger partial charge in [0.1, 0.15) is 10.7 Å². The molecular weight excluding hydrogens is 527 g/mol. The predicted octanol–water partition coefficient (Wildman–Crippen LogP) is 5.97. The molecule has 1 saturated carbocycles. The Bertz CT molecular complexity index is 1460. The highest BCUT2D eigenvalue weighted by atomic mass is 35.5. The minimum atomic E-state index is -4.46. The van der Waals surface area contributed by atoms with E-state index in [0.29, 0.717) is 53.9 Å². The molecule has 3 heterocycles. The molecule has 196 valence electrons. The molecular formula is C26H25ClF3N3O3S. The number of H-pyrrole nitrogens is 1. The number of nitrogens with zero attached hydrogens (tertiary/aromatic N) is 2. The number of sulfonamides is 1. The first-order chi connectivity index (χ1) is 17.5. The van der Waals surface area contributed by atoms with E-state index in [9.17, 15) is 26.7 Å². The number of benzene rings is 2. The summed E-state index contributed by atoms with van der Waals surface area (Å²) in [7, 11) is -3.93. The molecule has 3 aromatic rings. The zero-order valence-electron chi connectivity index (χ0n) is 19.7. The van der Waals surface area contributed by atoms with Gasteiger partial charge in [0.25, 0.3) is 0 Å². The number of hydrogen-bond donors (Lipinski definition) is 2. The van der Waals surface area contributed by atoms with Crippen LogP contribution in [-0.4, -0.2) is 46.0 Å². The average molecular weight is 552 g/mol. The number of aliphatic hydroxyl groups excluding tert-OH is 1. The summed E-state index contributed by atoms with van der Waals surface area (Å²) in [5, 5.41) is 10.1. The van der Waals surface area contributed by atoms with E-state index >= 15 is 0 Å². The number of alkyl halides is 3. The fourth-order valence-corrected chi connectivity index (χ4v) is 8.19. The van der Waals surface area contributed by atoms with Gasteiger partial charge >= 0.3 is 6.18 Å². The molecule has 2 bridgehead atoms. The van der Waals surface area contributed by atoms with Gasteiger partial charge in [-0.15, -0.1) is 0 Å². The summed E-state index contributed by atoms with van der Waals surface area (Å²) in [5.41, 5.74) is 0.878. The first kappa shape index (κ1) is 24.9.